The molecular formula is C18H22N4O. The SMILES string of the molecule is Cc1ccccc1CNC(=O)c1ccc(NC2CCCC2)nn1. The van der Waals surface area contributed by atoms with Gasteiger partial charge in [-0.1, -0.05) is 37.1 Å². The van der Waals surface area contributed by atoms with Gasteiger partial charge in [0.05, 0.1) is 0 Å². The molecular weight excluding hydrogens is 288 g/mol. The van der Waals surface area contributed by atoms with E-state index in [1.54, 1.807) is 6.07 Å². The average Bonchev–Trinajstić information content (AvgIpc) is 3.07. The van der Waals surface area contributed by atoms with Crippen molar-refractivity contribution < 1.29 is 4.79 Å². The van der Waals surface area contributed by atoms with Gasteiger partial charge in [-0.05, 0) is 43.0 Å². The first-order valence-electron chi connectivity index (χ1n) is 8.15. The predicted molar refractivity (Wildman–Crippen MR) is 90.3 cm³/mol. The summed E-state index contributed by atoms with van der Waals surface area (Å²) in [5.41, 5.74) is 2.61. The maximum absolute atomic E-state index is 12.2. The van der Waals surface area contributed by atoms with Crippen molar-refractivity contribution >= 4 is 11.7 Å². The molecule has 1 saturated carbocycles. The smallest absolute Gasteiger partial charge is 0.272 e. The van der Waals surface area contributed by atoms with Crippen LogP contribution in [0, 0.1) is 6.92 Å². The molecule has 1 heterocycles. The number of aryl methyl sites for hydroxylation is 1. The highest BCUT2D eigenvalue weighted by Crippen LogP contribution is 2.21. The van der Waals surface area contributed by atoms with Crippen LogP contribution in [0.15, 0.2) is 36.4 Å². The lowest BCUT2D eigenvalue weighted by atomic mass is 10.1. The summed E-state index contributed by atoms with van der Waals surface area (Å²) in [5.74, 6) is 0.542. The largest absolute Gasteiger partial charge is 0.366 e. The molecule has 0 atom stereocenters. The van der Waals surface area contributed by atoms with Gasteiger partial charge in [-0.2, -0.15) is 0 Å². The molecule has 5 nitrogen and oxygen atoms in total. The molecule has 0 spiro atoms. The quantitative estimate of drug-likeness (QED) is 0.890. The predicted octanol–water partition coefficient (Wildman–Crippen LogP) is 3.07. The Morgan fingerprint density at radius 1 is 1.13 bits per heavy atom. The number of carbonyl (C=O) groups excluding carboxylic acids is 1. The zero-order valence-electron chi connectivity index (χ0n) is 13.4. The minimum atomic E-state index is -0.201. The van der Waals surface area contributed by atoms with Crippen LogP contribution in [0.1, 0.15) is 47.3 Å². The van der Waals surface area contributed by atoms with E-state index in [1.807, 2.05) is 37.3 Å². The fraction of sp³-hybridized carbons (Fsp3) is 0.389. The van der Waals surface area contributed by atoms with Crippen LogP contribution in [-0.4, -0.2) is 22.1 Å². The molecule has 1 aliphatic carbocycles. The number of amides is 1. The van der Waals surface area contributed by atoms with Gasteiger partial charge in [0.15, 0.2) is 5.69 Å². The number of hydrogen-bond acceptors (Lipinski definition) is 4. The zero-order chi connectivity index (χ0) is 16.1. The third-order valence-electron chi connectivity index (χ3n) is 4.31. The normalized spacial score (nSPS) is 14.7. The summed E-state index contributed by atoms with van der Waals surface area (Å²) in [6, 6.07) is 12.0. The lowest BCUT2D eigenvalue weighted by Crippen LogP contribution is -2.25. The summed E-state index contributed by atoms with van der Waals surface area (Å²) >= 11 is 0. The lowest BCUT2D eigenvalue weighted by molar-refractivity contribution is 0.0945. The van der Waals surface area contributed by atoms with Crippen LogP contribution in [-0.2, 0) is 6.54 Å². The van der Waals surface area contributed by atoms with Crippen molar-refractivity contribution in [2.45, 2.75) is 45.2 Å². The Hall–Kier alpha value is -2.43. The number of aromatic nitrogens is 2. The second kappa shape index (κ2) is 7.22. The van der Waals surface area contributed by atoms with Crippen LogP contribution in [0.25, 0.3) is 0 Å². The molecule has 1 aromatic carbocycles. The second-order valence-electron chi connectivity index (χ2n) is 6.04. The fourth-order valence-electron chi connectivity index (χ4n) is 2.88. The van der Waals surface area contributed by atoms with Gasteiger partial charge in [0.25, 0.3) is 5.91 Å². The van der Waals surface area contributed by atoms with E-state index in [2.05, 4.69) is 20.8 Å². The van der Waals surface area contributed by atoms with Gasteiger partial charge in [-0.25, -0.2) is 0 Å². The van der Waals surface area contributed by atoms with Crippen LogP contribution in [0.4, 0.5) is 5.82 Å². The third kappa shape index (κ3) is 4.06. The van der Waals surface area contributed by atoms with Gasteiger partial charge < -0.3 is 10.6 Å². The number of benzene rings is 1. The molecule has 1 fully saturated rings. The monoisotopic (exact) mass is 310 g/mol. The Morgan fingerprint density at radius 2 is 1.91 bits per heavy atom. The minimum Gasteiger partial charge on any atom is -0.366 e. The second-order valence-corrected chi connectivity index (χ2v) is 6.04. The Balaban J connectivity index is 1.56. The molecule has 0 radical (unpaired) electrons. The molecule has 1 aromatic heterocycles. The van der Waals surface area contributed by atoms with Crippen LogP contribution in [0.2, 0.25) is 0 Å². The Bertz CT molecular complexity index is 663. The van der Waals surface area contributed by atoms with Gasteiger partial charge in [0.2, 0.25) is 0 Å². The third-order valence-corrected chi connectivity index (χ3v) is 4.31. The van der Waals surface area contributed by atoms with E-state index >= 15 is 0 Å². The number of nitrogens with one attached hydrogen (secondary N) is 2. The molecule has 120 valence electrons. The molecule has 1 amide bonds. The van der Waals surface area contributed by atoms with Crippen molar-refractivity contribution in [1.29, 1.82) is 0 Å². The van der Waals surface area contributed by atoms with Crippen LogP contribution >= 0.6 is 0 Å². The van der Waals surface area contributed by atoms with Crippen LogP contribution in [0.5, 0.6) is 0 Å². The highest BCUT2D eigenvalue weighted by Gasteiger charge is 2.15. The molecule has 2 N–H and O–H groups in total. The molecule has 2 aromatic rings. The topological polar surface area (TPSA) is 66.9 Å². The highest BCUT2D eigenvalue weighted by molar-refractivity contribution is 5.92. The van der Waals surface area contributed by atoms with Gasteiger partial charge in [0.1, 0.15) is 5.82 Å². The van der Waals surface area contributed by atoms with E-state index in [-0.39, 0.29) is 5.91 Å². The van der Waals surface area contributed by atoms with Gasteiger partial charge in [-0.15, -0.1) is 10.2 Å². The first kappa shape index (κ1) is 15.5. The number of nitrogens with zero attached hydrogens (tertiary/aromatic N) is 2. The summed E-state index contributed by atoms with van der Waals surface area (Å²) in [6.45, 7) is 2.53. The van der Waals surface area contributed by atoms with Crippen molar-refractivity contribution in [2.24, 2.45) is 0 Å². The molecule has 0 aliphatic heterocycles. The van der Waals surface area contributed by atoms with Crippen LogP contribution in [0.3, 0.4) is 0 Å². The van der Waals surface area contributed by atoms with Crippen molar-refractivity contribution in [1.82, 2.24) is 15.5 Å². The summed E-state index contributed by atoms with van der Waals surface area (Å²) in [7, 11) is 0. The first-order valence-corrected chi connectivity index (χ1v) is 8.15. The van der Waals surface area contributed by atoms with Crippen molar-refractivity contribution in [3.05, 3.63) is 53.2 Å². The Kier molecular flexibility index (Phi) is 4.86. The van der Waals surface area contributed by atoms with Crippen molar-refractivity contribution in [3.63, 3.8) is 0 Å². The molecule has 23 heavy (non-hydrogen) atoms. The molecule has 5 heteroatoms. The van der Waals surface area contributed by atoms with E-state index in [9.17, 15) is 4.79 Å². The Labute approximate surface area is 136 Å². The van der Waals surface area contributed by atoms with E-state index in [1.165, 1.54) is 25.7 Å². The number of hydrogen-bond donors (Lipinski definition) is 2. The molecule has 0 bridgehead atoms. The molecule has 0 unspecified atom stereocenters. The molecule has 1 aliphatic rings. The fourth-order valence-corrected chi connectivity index (χ4v) is 2.88. The zero-order valence-corrected chi connectivity index (χ0v) is 13.4. The maximum atomic E-state index is 12.2. The number of anilines is 1. The lowest BCUT2D eigenvalue weighted by Gasteiger charge is -2.12. The highest BCUT2D eigenvalue weighted by atomic mass is 16.1. The maximum Gasteiger partial charge on any atom is 0.272 e. The van der Waals surface area contributed by atoms with E-state index in [0.29, 0.717) is 18.3 Å². The van der Waals surface area contributed by atoms with E-state index in [4.69, 9.17) is 0 Å². The van der Waals surface area contributed by atoms with Gasteiger partial charge in [0, 0.05) is 12.6 Å². The van der Waals surface area contributed by atoms with Crippen molar-refractivity contribution in [2.75, 3.05) is 5.32 Å². The number of carbonyl (C=O) groups is 1. The minimum absolute atomic E-state index is 0.201. The van der Waals surface area contributed by atoms with E-state index < -0.39 is 0 Å². The van der Waals surface area contributed by atoms with Crippen molar-refractivity contribution in [3.8, 4) is 0 Å². The van der Waals surface area contributed by atoms with Crippen LogP contribution < -0.4 is 10.6 Å². The molecule has 0 saturated heterocycles. The summed E-state index contributed by atoms with van der Waals surface area (Å²) in [6.07, 6.45) is 4.90. The van der Waals surface area contributed by atoms with Gasteiger partial charge >= 0.3 is 0 Å². The first-order chi connectivity index (χ1) is 11.2. The molecule has 3 rings (SSSR count). The van der Waals surface area contributed by atoms with Gasteiger partial charge in [-0.3, -0.25) is 4.79 Å². The summed E-state index contributed by atoms with van der Waals surface area (Å²) < 4.78 is 0. The summed E-state index contributed by atoms with van der Waals surface area (Å²) in [4.78, 5) is 12.2. The Morgan fingerprint density at radius 3 is 2.61 bits per heavy atom. The average molecular weight is 310 g/mol. The number of rotatable bonds is 5. The summed E-state index contributed by atoms with van der Waals surface area (Å²) in [5, 5.41) is 14.4. The standard InChI is InChI=1S/C18H22N4O/c1-13-6-2-3-7-14(13)12-19-18(23)16-10-11-17(22-21-16)20-15-8-4-5-9-15/h2-3,6-7,10-11,15H,4-5,8-9,12H2,1H3,(H,19,23)(H,20,22). The van der Waals surface area contributed by atoms with E-state index in [0.717, 1.165) is 16.9 Å².